The lowest BCUT2D eigenvalue weighted by Crippen LogP contribution is -2.48. The molecule has 2 rings (SSSR count). The molecule has 24 heavy (non-hydrogen) atoms. The molecule has 1 aromatic rings. The Bertz CT molecular complexity index is 648. The topological polar surface area (TPSA) is 62.6 Å². The molecule has 0 aliphatic carbocycles. The lowest BCUT2D eigenvalue weighted by molar-refractivity contribution is -0.138. The highest BCUT2D eigenvalue weighted by molar-refractivity contribution is 6.01. The Morgan fingerprint density at radius 3 is 2.54 bits per heavy atom. The number of ether oxygens (including phenoxy) is 2. The molecular formula is C19H22N2O3. The molecule has 1 saturated heterocycles. The molecule has 0 saturated carbocycles. The summed E-state index contributed by atoms with van der Waals surface area (Å²) in [5, 5.41) is 9.36. The zero-order valence-corrected chi connectivity index (χ0v) is 14.1. The van der Waals surface area contributed by atoms with E-state index in [0.29, 0.717) is 25.4 Å². The van der Waals surface area contributed by atoms with E-state index >= 15 is 0 Å². The van der Waals surface area contributed by atoms with Crippen LogP contribution in [0.1, 0.15) is 19.4 Å². The Labute approximate surface area is 142 Å². The van der Waals surface area contributed by atoms with Crippen molar-refractivity contribution in [1.29, 1.82) is 5.26 Å². The van der Waals surface area contributed by atoms with Gasteiger partial charge in [-0.2, -0.15) is 5.26 Å². The van der Waals surface area contributed by atoms with Crippen LogP contribution in [0.5, 0.6) is 5.75 Å². The Morgan fingerprint density at radius 1 is 1.38 bits per heavy atom. The standard InChI is InChI=1S/C19H22N2O3/c1-4-9-23-18-7-5-16(6-8-18)10-17(11-20)19(22)21-12-14(2)24-15(3)13-21/h4-8,10,14-15H,1,9,12-13H2,2-3H3/b17-10+/t14-,15+. The van der Waals surface area contributed by atoms with Crippen LogP contribution in [0.15, 0.2) is 42.5 Å². The third kappa shape index (κ3) is 4.71. The molecule has 0 N–H and O–H groups in total. The van der Waals surface area contributed by atoms with Crippen molar-refractivity contribution in [2.75, 3.05) is 19.7 Å². The zero-order valence-electron chi connectivity index (χ0n) is 14.1. The van der Waals surface area contributed by atoms with Crippen molar-refractivity contribution < 1.29 is 14.3 Å². The third-order valence-corrected chi connectivity index (χ3v) is 3.62. The number of hydrogen-bond donors (Lipinski definition) is 0. The molecule has 1 aromatic carbocycles. The molecule has 0 bridgehead atoms. The minimum absolute atomic E-state index is 0.0288. The molecule has 126 valence electrons. The highest BCUT2D eigenvalue weighted by atomic mass is 16.5. The molecule has 0 aromatic heterocycles. The number of nitrogens with zero attached hydrogens (tertiary/aromatic N) is 2. The number of carbonyl (C=O) groups is 1. The summed E-state index contributed by atoms with van der Waals surface area (Å²) in [4.78, 5) is 14.3. The van der Waals surface area contributed by atoms with Crippen LogP contribution in [-0.2, 0) is 9.53 Å². The van der Waals surface area contributed by atoms with Crippen LogP contribution >= 0.6 is 0 Å². The second-order valence-corrected chi connectivity index (χ2v) is 5.81. The van der Waals surface area contributed by atoms with Crippen LogP contribution in [0.25, 0.3) is 6.08 Å². The fourth-order valence-electron chi connectivity index (χ4n) is 2.64. The quantitative estimate of drug-likeness (QED) is 0.474. The van der Waals surface area contributed by atoms with Crippen molar-refractivity contribution in [3.05, 3.63) is 48.1 Å². The van der Waals surface area contributed by atoms with Gasteiger partial charge in [-0.15, -0.1) is 0 Å². The van der Waals surface area contributed by atoms with Gasteiger partial charge in [0.25, 0.3) is 5.91 Å². The van der Waals surface area contributed by atoms with Gasteiger partial charge in [-0.1, -0.05) is 24.8 Å². The first-order valence-electron chi connectivity index (χ1n) is 7.93. The SMILES string of the molecule is C=CCOc1ccc(/C=C(\C#N)C(=O)N2C[C@@H](C)O[C@@H](C)C2)cc1. The van der Waals surface area contributed by atoms with Crippen molar-refractivity contribution in [3.63, 3.8) is 0 Å². The number of hydrogen-bond acceptors (Lipinski definition) is 4. The van der Waals surface area contributed by atoms with Crippen molar-refractivity contribution in [2.45, 2.75) is 26.1 Å². The van der Waals surface area contributed by atoms with Gasteiger partial charge in [0, 0.05) is 13.1 Å². The molecule has 1 fully saturated rings. The van der Waals surface area contributed by atoms with Crippen LogP contribution in [0, 0.1) is 11.3 Å². The van der Waals surface area contributed by atoms with Crippen molar-refractivity contribution >= 4 is 12.0 Å². The minimum Gasteiger partial charge on any atom is -0.490 e. The molecular weight excluding hydrogens is 304 g/mol. The van der Waals surface area contributed by atoms with E-state index in [0.717, 1.165) is 5.56 Å². The smallest absolute Gasteiger partial charge is 0.264 e. The molecule has 5 heteroatoms. The van der Waals surface area contributed by atoms with E-state index in [2.05, 4.69) is 6.58 Å². The van der Waals surface area contributed by atoms with Crippen LogP contribution in [0.2, 0.25) is 0 Å². The molecule has 1 heterocycles. The normalized spacial score (nSPS) is 21.0. The van der Waals surface area contributed by atoms with Gasteiger partial charge in [0.2, 0.25) is 0 Å². The van der Waals surface area contributed by atoms with Gasteiger partial charge in [0.05, 0.1) is 12.2 Å². The van der Waals surface area contributed by atoms with Gasteiger partial charge in [-0.05, 0) is 37.6 Å². The van der Waals surface area contributed by atoms with Crippen LogP contribution in [0.3, 0.4) is 0 Å². The Hall–Kier alpha value is -2.58. The maximum atomic E-state index is 12.6. The van der Waals surface area contributed by atoms with Gasteiger partial charge < -0.3 is 14.4 Å². The van der Waals surface area contributed by atoms with E-state index in [1.54, 1.807) is 29.2 Å². The molecule has 1 amide bonds. The van der Waals surface area contributed by atoms with Gasteiger partial charge in [-0.25, -0.2) is 0 Å². The summed E-state index contributed by atoms with van der Waals surface area (Å²) in [5.41, 5.74) is 0.899. The summed E-state index contributed by atoms with van der Waals surface area (Å²) in [5.74, 6) is 0.458. The predicted molar refractivity (Wildman–Crippen MR) is 92.3 cm³/mol. The molecule has 0 radical (unpaired) electrons. The second-order valence-electron chi connectivity index (χ2n) is 5.81. The van der Waals surface area contributed by atoms with Gasteiger partial charge in [0.1, 0.15) is 24.0 Å². The maximum absolute atomic E-state index is 12.6. The van der Waals surface area contributed by atoms with E-state index in [4.69, 9.17) is 9.47 Å². The lowest BCUT2D eigenvalue weighted by atomic mass is 10.1. The molecule has 0 unspecified atom stereocenters. The average molecular weight is 326 g/mol. The van der Waals surface area contributed by atoms with Crippen molar-refractivity contribution in [1.82, 2.24) is 4.90 Å². The third-order valence-electron chi connectivity index (χ3n) is 3.62. The number of amides is 1. The highest BCUT2D eigenvalue weighted by Crippen LogP contribution is 2.17. The van der Waals surface area contributed by atoms with E-state index in [-0.39, 0.29) is 23.7 Å². The number of nitriles is 1. The van der Waals surface area contributed by atoms with Crippen LogP contribution < -0.4 is 4.74 Å². The Kier molecular flexibility index (Phi) is 6.16. The molecule has 5 nitrogen and oxygen atoms in total. The lowest BCUT2D eigenvalue weighted by Gasteiger charge is -2.35. The first-order valence-corrected chi connectivity index (χ1v) is 7.93. The summed E-state index contributed by atoms with van der Waals surface area (Å²) in [6, 6.07) is 9.24. The predicted octanol–water partition coefficient (Wildman–Crippen LogP) is 2.79. The zero-order chi connectivity index (χ0) is 17.5. The van der Waals surface area contributed by atoms with Gasteiger partial charge in [-0.3, -0.25) is 4.79 Å². The fourth-order valence-corrected chi connectivity index (χ4v) is 2.64. The summed E-state index contributed by atoms with van der Waals surface area (Å²) < 4.78 is 11.0. The fraction of sp³-hybridized carbons (Fsp3) is 0.368. The first kappa shape index (κ1) is 17.8. The van der Waals surface area contributed by atoms with Crippen LogP contribution in [0.4, 0.5) is 0 Å². The number of benzene rings is 1. The molecule has 2 atom stereocenters. The summed E-state index contributed by atoms with van der Waals surface area (Å²) >= 11 is 0. The number of carbonyl (C=O) groups excluding carboxylic acids is 1. The van der Waals surface area contributed by atoms with E-state index in [9.17, 15) is 10.1 Å². The van der Waals surface area contributed by atoms with E-state index < -0.39 is 0 Å². The maximum Gasteiger partial charge on any atom is 0.264 e. The molecule has 1 aliphatic rings. The van der Waals surface area contributed by atoms with E-state index in [1.165, 1.54) is 0 Å². The van der Waals surface area contributed by atoms with Gasteiger partial charge >= 0.3 is 0 Å². The largest absolute Gasteiger partial charge is 0.490 e. The molecule has 0 spiro atoms. The summed E-state index contributed by atoms with van der Waals surface area (Å²) in [6.45, 7) is 8.87. The Balaban J connectivity index is 2.12. The minimum atomic E-state index is -0.258. The monoisotopic (exact) mass is 326 g/mol. The summed E-state index contributed by atoms with van der Waals surface area (Å²) in [6.07, 6.45) is 3.22. The number of rotatable bonds is 5. The average Bonchev–Trinajstić information content (AvgIpc) is 2.57. The van der Waals surface area contributed by atoms with E-state index in [1.807, 2.05) is 32.0 Å². The van der Waals surface area contributed by atoms with Crippen molar-refractivity contribution in [2.24, 2.45) is 0 Å². The molecule has 1 aliphatic heterocycles. The highest BCUT2D eigenvalue weighted by Gasteiger charge is 2.27. The van der Waals surface area contributed by atoms with Crippen molar-refractivity contribution in [3.8, 4) is 11.8 Å². The van der Waals surface area contributed by atoms with Crippen LogP contribution in [-0.4, -0.2) is 42.7 Å². The Morgan fingerprint density at radius 2 is 2.00 bits per heavy atom. The van der Waals surface area contributed by atoms with Gasteiger partial charge in [0.15, 0.2) is 0 Å². The second kappa shape index (κ2) is 8.32. The first-order chi connectivity index (χ1) is 11.5. The number of morpholine rings is 1. The summed E-state index contributed by atoms with van der Waals surface area (Å²) in [7, 11) is 0.